The molecule has 29 heavy (non-hydrogen) atoms. The highest BCUT2D eigenvalue weighted by Gasteiger charge is 2.29. The SMILES string of the molecule is C[C@H](C(=O)Nc1ccc(N2CCCC2=O)cc1)N(c1cccc(F)c1)S(C)(=O)=O. The summed E-state index contributed by atoms with van der Waals surface area (Å²) < 4.78 is 38.9. The Morgan fingerprint density at radius 3 is 2.45 bits per heavy atom. The Morgan fingerprint density at radius 1 is 1.21 bits per heavy atom. The molecule has 1 aliphatic heterocycles. The van der Waals surface area contributed by atoms with Crippen LogP contribution in [0.3, 0.4) is 0 Å². The first-order chi connectivity index (χ1) is 13.7. The first kappa shape index (κ1) is 20.8. The number of nitrogens with one attached hydrogen (secondary N) is 1. The van der Waals surface area contributed by atoms with E-state index in [1.165, 1.54) is 25.1 Å². The monoisotopic (exact) mass is 419 g/mol. The molecule has 1 heterocycles. The van der Waals surface area contributed by atoms with Crippen molar-refractivity contribution in [3.63, 3.8) is 0 Å². The summed E-state index contributed by atoms with van der Waals surface area (Å²) in [4.78, 5) is 26.2. The quantitative estimate of drug-likeness (QED) is 0.780. The number of hydrogen-bond acceptors (Lipinski definition) is 4. The predicted molar refractivity (Wildman–Crippen MR) is 110 cm³/mol. The largest absolute Gasteiger partial charge is 0.324 e. The first-order valence-electron chi connectivity index (χ1n) is 9.13. The van der Waals surface area contributed by atoms with E-state index in [4.69, 9.17) is 0 Å². The van der Waals surface area contributed by atoms with Crippen LogP contribution in [0.25, 0.3) is 0 Å². The lowest BCUT2D eigenvalue weighted by molar-refractivity contribution is -0.117. The second-order valence-corrected chi connectivity index (χ2v) is 8.76. The Labute approximate surface area is 169 Å². The van der Waals surface area contributed by atoms with Gasteiger partial charge in [0.2, 0.25) is 21.8 Å². The second kappa shape index (κ2) is 8.20. The number of amides is 2. The van der Waals surface area contributed by atoms with Crippen molar-refractivity contribution < 1.29 is 22.4 Å². The van der Waals surface area contributed by atoms with E-state index in [0.29, 0.717) is 18.7 Å². The number of anilines is 3. The van der Waals surface area contributed by atoms with Gasteiger partial charge in [-0.15, -0.1) is 0 Å². The molecule has 0 aliphatic carbocycles. The molecule has 154 valence electrons. The number of benzene rings is 2. The molecular formula is C20H22FN3O4S. The molecular weight excluding hydrogens is 397 g/mol. The number of hydrogen-bond donors (Lipinski definition) is 1. The molecule has 9 heteroatoms. The minimum absolute atomic E-state index is 0.0642. The molecule has 7 nitrogen and oxygen atoms in total. The van der Waals surface area contributed by atoms with E-state index < -0.39 is 27.8 Å². The summed E-state index contributed by atoms with van der Waals surface area (Å²) in [6, 6.07) is 10.7. The van der Waals surface area contributed by atoms with Crippen molar-refractivity contribution in [3.05, 3.63) is 54.3 Å². The number of carbonyl (C=O) groups is 2. The summed E-state index contributed by atoms with van der Waals surface area (Å²) >= 11 is 0. The van der Waals surface area contributed by atoms with Crippen molar-refractivity contribution in [2.45, 2.75) is 25.8 Å². The van der Waals surface area contributed by atoms with Gasteiger partial charge in [-0.25, -0.2) is 12.8 Å². The molecule has 1 N–H and O–H groups in total. The third-order valence-electron chi connectivity index (χ3n) is 4.67. The fourth-order valence-corrected chi connectivity index (χ4v) is 4.48. The van der Waals surface area contributed by atoms with Gasteiger partial charge in [0.15, 0.2) is 0 Å². The van der Waals surface area contributed by atoms with Crippen LogP contribution in [0.5, 0.6) is 0 Å². The molecule has 0 aromatic heterocycles. The van der Waals surface area contributed by atoms with Crippen LogP contribution in [0.4, 0.5) is 21.5 Å². The highest BCUT2D eigenvalue weighted by Crippen LogP contribution is 2.25. The van der Waals surface area contributed by atoms with E-state index in [1.54, 1.807) is 29.2 Å². The van der Waals surface area contributed by atoms with Crippen molar-refractivity contribution >= 4 is 38.9 Å². The van der Waals surface area contributed by atoms with Gasteiger partial charge in [0, 0.05) is 24.3 Å². The van der Waals surface area contributed by atoms with Crippen molar-refractivity contribution in [1.82, 2.24) is 0 Å². The molecule has 2 aromatic carbocycles. The number of nitrogens with zero attached hydrogens (tertiary/aromatic N) is 2. The lowest BCUT2D eigenvalue weighted by Crippen LogP contribution is -2.45. The third-order valence-corrected chi connectivity index (χ3v) is 5.91. The second-order valence-electron chi connectivity index (χ2n) is 6.90. The number of rotatable bonds is 6. The summed E-state index contributed by atoms with van der Waals surface area (Å²) in [6.07, 6.45) is 2.30. The maximum atomic E-state index is 13.6. The lowest BCUT2D eigenvalue weighted by atomic mass is 10.2. The standard InChI is InChI=1S/C20H22FN3O4S/c1-14(24(29(2,27)28)18-6-3-5-15(21)13-18)20(26)22-16-8-10-17(11-9-16)23-12-4-7-19(23)25/h3,5-6,8-11,13-14H,4,7,12H2,1-2H3,(H,22,26)/t14-/m1/s1. The zero-order valence-electron chi connectivity index (χ0n) is 16.1. The summed E-state index contributed by atoms with van der Waals surface area (Å²) in [5.41, 5.74) is 1.28. The topological polar surface area (TPSA) is 86.8 Å². The van der Waals surface area contributed by atoms with Gasteiger partial charge in [0.05, 0.1) is 11.9 Å². The Kier molecular flexibility index (Phi) is 5.88. The van der Waals surface area contributed by atoms with E-state index in [9.17, 15) is 22.4 Å². The smallest absolute Gasteiger partial charge is 0.247 e. The lowest BCUT2D eigenvalue weighted by Gasteiger charge is -2.28. The van der Waals surface area contributed by atoms with E-state index in [2.05, 4.69) is 5.32 Å². The van der Waals surface area contributed by atoms with E-state index >= 15 is 0 Å². The Bertz CT molecular complexity index is 1020. The average Bonchev–Trinajstić information content (AvgIpc) is 3.07. The van der Waals surface area contributed by atoms with Crippen LogP contribution in [0, 0.1) is 5.82 Å². The average molecular weight is 419 g/mol. The predicted octanol–water partition coefficient (Wildman–Crippen LogP) is 2.75. The van der Waals surface area contributed by atoms with E-state index in [-0.39, 0.29) is 11.6 Å². The van der Waals surface area contributed by atoms with Gasteiger partial charge in [0.1, 0.15) is 11.9 Å². The van der Waals surface area contributed by atoms with Crippen molar-refractivity contribution in [2.24, 2.45) is 0 Å². The van der Waals surface area contributed by atoms with Crippen LogP contribution in [0.1, 0.15) is 19.8 Å². The molecule has 2 aromatic rings. The number of sulfonamides is 1. The number of halogens is 1. The normalized spacial score (nSPS) is 15.3. The maximum Gasteiger partial charge on any atom is 0.247 e. The summed E-state index contributed by atoms with van der Waals surface area (Å²) in [6.45, 7) is 2.09. The fraction of sp³-hybridized carbons (Fsp3) is 0.300. The van der Waals surface area contributed by atoms with Crippen molar-refractivity contribution in [1.29, 1.82) is 0 Å². The van der Waals surface area contributed by atoms with Crippen LogP contribution < -0.4 is 14.5 Å². The fourth-order valence-electron chi connectivity index (χ4n) is 3.31. The third kappa shape index (κ3) is 4.73. The molecule has 1 fully saturated rings. The van der Waals surface area contributed by atoms with Gasteiger partial charge >= 0.3 is 0 Å². The zero-order valence-corrected chi connectivity index (χ0v) is 16.9. The molecule has 0 bridgehead atoms. The summed E-state index contributed by atoms with van der Waals surface area (Å²) in [7, 11) is -3.83. The van der Waals surface area contributed by atoms with Crippen molar-refractivity contribution in [2.75, 3.05) is 27.3 Å². The van der Waals surface area contributed by atoms with Crippen LogP contribution in [0.2, 0.25) is 0 Å². The molecule has 0 saturated carbocycles. The van der Waals surface area contributed by atoms with Gasteiger partial charge in [-0.05, 0) is 55.8 Å². The Morgan fingerprint density at radius 2 is 1.90 bits per heavy atom. The van der Waals surface area contributed by atoms with Crippen LogP contribution in [-0.2, 0) is 19.6 Å². The first-order valence-corrected chi connectivity index (χ1v) is 11.0. The van der Waals surface area contributed by atoms with Crippen LogP contribution in [-0.4, -0.2) is 39.1 Å². The Hall–Kier alpha value is -2.94. The summed E-state index contributed by atoms with van der Waals surface area (Å²) in [5.74, 6) is -1.10. The molecule has 1 saturated heterocycles. The maximum absolute atomic E-state index is 13.6. The molecule has 0 unspecified atom stereocenters. The van der Waals surface area contributed by atoms with E-state index in [1.807, 2.05) is 0 Å². The van der Waals surface area contributed by atoms with Gasteiger partial charge < -0.3 is 10.2 Å². The minimum atomic E-state index is -3.83. The molecule has 1 aliphatic rings. The molecule has 3 rings (SSSR count). The highest BCUT2D eigenvalue weighted by atomic mass is 32.2. The molecule has 2 amide bonds. The van der Waals surface area contributed by atoms with Crippen LogP contribution >= 0.6 is 0 Å². The van der Waals surface area contributed by atoms with Crippen molar-refractivity contribution in [3.8, 4) is 0 Å². The zero-order chi connectivity index (χ0) is 21.2. The van der Waals surface area contributed by atoms with Gasteiger partial charge in [-0.2, -0.15) is 0 Å². The molecule has 1 atom stereocenters. The Balaban J connectivity index is 1.77. The molecule has 0 radical (unpaired) electrons. The van der Waals surface area contributed by atoms with E-state index in [0.717, 1.165) is 28.7 Å². The molecule has 0 spiro atoms. The number of carbonyl (C=O) groups excluding carboxylic acids is 2. The van der Waals surface area contributed by atoms with Gasteiger partial charge in [0.25, 0.3) is 0 Å². The highest BCUT2D eigenvalue weighted by molar-refractivity contribution is 7.92. The minimum Gasteiger partial charge on any atom is -0.324 e. The summed E-state index contributed by atoms with van der Waals surface area (Å²) in [5, 5.41) is 2.67. The van der Waals surface area contributed by atoms with Gasteiger partial charge in [-0.3, -0.25) is 13.9 Å². The van der Waals surface area contributed by atoms with Gasteiger partial charge in [-0.1, -0.05) is 6.07 Å². The van der Waals surface area contributed by atoms with Crippen LogP contribution in [0.15, 0.2) is 48.5 Å².